The molecule has 0 spiro atoms. The summed E-state index contributed by atoms with van der Waals surface area (Å²) in [4.78, 5) is 15.0. The third-order valence-corrected chi connectivity index (χ3v) is 4.78. The minimum Gasteiger partial charge on any atom is -0.326 e. The number of hydrogen-bond acceptors (Lipinski definition) is 2. The molecule has 1 aromatic rings. The molecule has 1 aromatic carbocycles. The lowest BCUT2D eigenvalue weighted by Crippen LogP contribution is -2.38. The van der Waals surface area contributed by atoms with Crippen LogP contribution in [-0.4, -0.2) is 11.9 Å². The van der Waals surface area contributed by atoms with Crippen molar-refractivity contribution in [2.24, 2.45) is 17.6 Å². The SMILES string of the molecule is CC1CCCC1C(=O)N(c1ccc(CN)cc1)C1CC1. The first-order valence-corrected chi connectivity index (χ1v) is 7.83. The van der Waals surface area contributed by atoms with Gasteiger partial charge in [-0.25, -0.2) is 0 Å². The highest BCUT2D eigenvalue weighted by Gasteiger charge is 2.39. The number of rotatable bonds is 4. The van der Waals surface area contributed by atoms with Gasteiger partial charge >= 0.3 is 0 Å². The molecule has 2 aliphatic carbocycles. The molecule has 3 rings (SSSR count). The van der Waals surface area contributed by atoms with Crippen LogP contribution < -0.4 is 10.6 Å². The molecule has 3 nitrogen and oxygen atoms in total. The molecule has 2 atom stereocenters. The zero-order valence-electron chi connectivity index (χ0n) is 12.2. The number of amides is 1. The second kappa shape index (κ2) is 5.57. The van der Waals surface area contributed by atoms with Gasteiger partial charge in [0.15, 0.2) is 0 Å². The molecule has 2 saturated carbocycles. The minimum atomic E-state index is 0.227. The van der Waals surface area contributed by atoms with Gasteiger partial charge < -0.3 is 10.6 Å². The lowest BCUT2D eigenvalue weighted by Gasteiger charge is -2.27. The van der Waals surface area contributed by atoms with E-state index in [0.29, 0.717) is 24.4 Å². The summed E-state index contributed by atoms with van der Waals surface area (Å²) in [6.07, 6.45) is 5.74. The van der Waals surface area contributed by atoms with Crippen LogP contribution >= 0.6 is 0 Å². The van der Waals surface area contributed by atoms with E-state index in [1.165, 1.54) is 12.8 Å². The van der Waals surface area contributed by atoms with Crippen molar-refractivity contribution in [3.8, 4) is 0 Å². The van der Waals surface area contributed by atoms with E-state index in [9.17, 15) is 4.79 Å². The minimum absolute atomic E-state index is 0.227. The number of carbonyl (C=O) groups excluding carboxylic acids is 1. The zero-order valence-corrected chi connectivity index (χ0v) is 12.2. The summed E-state index contributed by atoms with van der Waals surface area (Å²) < 4.78 is 0. The summed E-state index contributed by atoms with van der Waals surface area (Å²) in [5.41, 5.74) is 7.81. The van der Waals surface area contributed by atoms with Gasteiger partial charge in [0.1, 0.15) is 0 Å². The molecular formula is C17H24N2O. The van der Waals surface area contributed by atoms with E-state index in [4.69, 9.17) is 5.73 Å². The Morgan fingerprint density at radius 3 is 2.40 bits per heavy atom. The van der Waals surface area contributed by atoms with Crippen LogP contribution in [0.4, 0.5) is 5.69 Å². The predicted octanol–water partition coefficient (Wildman–Crippen LogP) is 3.08. The van der Waals surface area contributed by atoms with Crippen molar-refractivity contribution in [3.05, 3.63) is 29.8 Å². The molecule has 0 aromatic heterocycles. The summed E-state index contributed by atoms with van der Waals surface area (Å²) in [5.74, 6) is 1.11. The van der Waals surface area contributed by atoms with Crippen molar-refractivity contribution in [2.75, 3.05) is 4.90 Å². The molecule has 108 valence electrons. The van der Waals surface area contributed by atoms with Crippen molar-refractivity contribution in [1.82, 2.24) is 0 Å². The standard InChI is InChI=1S/C17H24N2O/c1-12-3-2-4-16(12)17(20)19(15-9-10-15)14-7-5-13(11-18)6-8-14/h5-8,12,15-16H,2-4,9-11,18H2,1H3. The van der Waals surface area contributed by atoms with Crippen LogP contribution in [0.15, 0.2) is 24.3 Å². The molecule has 0 saturated heterocycles. The van der Waals surface area contributed by atoms with Crippen molar-refractivity contribution >= 4 is 11.6 Å². The van der Waals surface area contributed by atoms with Gasteiger partial charge in [0.05, 0.1) is 0 Å². The largest absolute Gasteiger partial charge is 0.326 e. The molecule has 0 bridgehead atoms. The van der Waals surface area contributed by atoms with Gasteiger partial charge in [0.2, 0.25) is 5.91 Å². The molecule has 2 aliphatic rings. The maximum atomic E-state index is 12.9. The zero-order chi connectivity index (χ0) is 14.1. The molecule has 0 aliphatic heterocycles. The van der Waals surface area contributed by atoms with Gasteiger partial charge in [-0.1, -0.05) is 25.5 Å². The lowest BCUT2D eigenvalue weighted by molar-refractivity contribution is -0.123. The highest BCUT2D eigenvalue weighted by atomic mass is 16.2. The first kappa shape index (κ1) is 13.6. The van der Waals surface area contributed by atoms with Crippen molar-refractivity contribution in [2.45, 2.75) is 51.6 Å². The summed E-state index contributed by atoms with van der Waals surface area (Å²) in [6, 6.07) is 8.61. The highest BCUT2D eigenvalue weighted by Crippen LogP contribution is 2.38. The second-order valence-electron chi connectivity index (χ2n) is 6.32. The molecular weight excluding hydrogens is 248 g/mol. The molecule has 1 amide bonds. The van der Waals surface area contributed by atoms with Gasteiger partial charge in [-0.2, -0.15) is 0 Å². The molecule has 20 heavy (non-hydrogen) atoms. The summed E-state index contributed by atoms with van der Waals surface area (Å²) >= 11 is 0. The Kier molecular flexibility index (Phi) is 3.79. The number of nitrogens with two attached hydrogens (primary N) is 1. The van der Waals surface area contributed by atoms with Crippen LogP contribution in [0.5, 0.6) is 0 Å². The van der Waals surface area contributed by atoms with Gasteiger partial charge in [-0.15, -0.1) is 0 Å². The molecule has 2 N–H and O–H groups in total. The molecule has 0 heterocycles. The van der Waals surface area contributed by atoms with Crippen LogP contribution in [0, 0.1) is 11.8 Å². The van der Waals surface area contributed by atoms with Crippen molar-refractivity contribution in [1.29, 1.82) is 0 Å². The van der Waals surface area contributed by atoms with Crippen LogP contribution in [-0.2, 0) is 11.3 Å². The van der Waals surface area contributed by atoms with Gasteiger partial charge in [-0.05, 0) is 49.3 Å². The Morgan fingerprint density at radius 1 is 1.20 bits per heavy atom. The fraction of sp³-hybridized carbons (Fsp3) is 0.588. The van der Waals surface area contributed by atoms with Crippen LogP contribution in [0.25, 0.3) is 0 Å². The predicted molar refractivity (Wildman–Crippen MR) is 81.3 cm³/mol. The van der Waals surface area contributed by atoms with Gasteiger partial charge in [0.25, 0.3) is 0 Å². The third-order valence-electron chi connectivity index (χ3n) is 4.78. The maximum Gasteiger partial charge on any atom is 0.230 e. The van der Waals surface area contributed by atoms with Crippen LogP contribution in [0.2, 0.25) is 0 Å². The Bertz CT molecular complexity index is 478. The van der Waals surface area contributed by atoms with E-state index in [2.05, 4.69) is 24.0 Å². The molecule has 2 fully saturated rings. The van der Waals surface area contributed by atoms with E-state index in [-0.39, 0.29) is 5.92 Å². The Labute approximate surface area is 121 Å². The van der Waals surface area contributed by atoms with E-state index in [1.807, 2.05) is 12.1 Å². The Morgan fingerprint density at radius 2 is 1.90 bits per heavy atom. The smallest absolute Gasteiger partial charge is 0.230 e. The molecule has 2 unspecified atom stereocenters. The summed E-state index contributed by atoms with van der Waals surface area (Å²) in [6.45, 7) is 2.77. The number of benzene rings is 1. The molecule has 3 heteroatoms. The van der Waals surface area contributed by atoms with E-state index in [0.717, 1.165) is 30.5 Å². The average Bonchev–Trinajstić information content (AvgIpc) is 3.20. The quantitative estimate of drug-likeness (QED) is 0.915. The first-order chi connectivity index (χ1) is 9.70. The number of carbonyl (C=O) groups is 1. The molecule has 0 radical (unpaired) electrons. The Balaban J connectivity index is 1.82. The summed E-state index contributed by atoms with van der Waals surface area (Å²) in [7, 11) is 0. The second-order valence-corrected chi connectivity index (χ2v) is 6.32. The van der Waals surface area contributed by atoms with E-state index < -0.39 is 0 Å². The summed E-state index contributed by atoms with van der Waals surface area (Å²) in [5, 5.41) is 0. The highest BCUT2D eigenvalue weighted by molar-refractivity contribution is 5.96. The maximum absolute atomic E-state index is 12.9. The fourth-order valence-electron chi connectivity index (χ4n) is 3.33. The fourth-order valence-corrected chi connectivity index (χ4v) is 3.33. The van der Waals surface area contributed by atoms with Crippen molar-refractivity contribution < 1.29 is 4.79 Å². The van der Waals surface area contributed by atoms with Gasteiger partial charge in [-0.3, -0.25) is 4.79 Å². The van der Waals surface area contributed by atoms with Crippen LogP contribution in [0.3, 0.4) is 0 Å². The Hall–Kier alpha value is -1.35. The van der Waals surface area contributed by atoms with Crippen molar-refractivity contribution in [3.63, 3.8) is 0 Å². The average molecular weight is 272 g/mol. The number of anilines is 1. The first-order valence-electron chi connectivity index (χ1n) is 7.83. The number of hydrogen-bond donors (Lipinski definition) is 1. The van der Waals surface area contributed by atoms with Crippen LogP contribution in [0.1, 0.15) is 44.6 Å². The third kappa shape index (κ3) is 2.59. The van der Waals surface area contributed by atoms with E-state index >= 15 is 0 Å². The monoisotopic (exact) mass is 272 g/mol. The topological polar surface area (TPSA) is 46.3 Å². The number of nitrogens with zero attached hydrogens (tertiary/aromatic N) is 1. The van der Waals surface area contributed by atoms with E-state index in [1.54, 1.807) is 0 Å². The van der Waals surface area contributed by atoms with Gasteiger partial charge in [0, 0.05) is 24.2 Å². The lowest BCUT2D eigenvalue weighted by atomic mass is 9.96. The normalized spacial score (nSPS) is 25.7.